The molecule has 0 saturated heterocycles. The van der Waals surface area contributed by atoms with Crippen molar-refractivity contribution in [3.63, 3.8) is 0 Å². The summed E-state index contributed by atoms with van der Waals surface area (Å²) in [5, 5.41) is 18.7. The minimum absolute atomic E-state index is 0.00808. The molecule has 41 heavy (non-hydrogen) atoms. The summed E-state index contributed by atoms with van der Waals surface area (Å²) in [6.07, 6.45) is 1.02. The van der Waals surface area contributed by atoms with Gasteiger partial charge in [-0.1, -0.05) is 13.5 Å². The van der Waals surface area contributed by atoms with Gasteiger partial charge in [0.1, 0.15) is 6.61 Å². The third-order valence-electron chi connectivity index (χ3n) is 6.23. The van der Waals surface area contributed by atoms with Gasteiger partial charge in [0.25, 0.3) is 0 Å². The number of hydrogen-bond donors (Lipinski definition) is 6. The molecule has 3 aromatic rings. The first-order valence-electron chi connectivity index (χ1n) is 13.8. The van der Waals surface area contributed by atoms with Crippen LogP contribution in [0, 0.1) is 0 Å². The number of rotatable bonds is 18. The summed E-state index contributed by atoms with van der Waals surface area (Å²) in [4.78, 5) is 15.7. The third-order valence-corrected chi connectivity index (χ3v) is 6.23. The number of ether oxygens (including phenoxy) is 1. The van der Waals surface area contributed by atoms with E-state index in [-0.39, 0.29) is 19.8 Å². The molecule has 0 aliphatic rings. The van der Waals surface area contributed by atoms with E-state index in [0.717, 1.165) is 47.1 Å². The Morgan fingerprint density at radius 2 is 1.05 bits per heavy atom. The summed E-state index contributed by atoms with van der Waals surface area (Å²) >= 11 is 0. The maximum absolute atomic E-state index is 11.6. The molecule has 0 radical (unpaired) electrons. The van der Waals surface area contributed by atoms with Crippen molar-refractivity contribution >= 4 is 40.1 Å². The Hall–Kier alpha value is -4.41. The first kappa shape index (κ1) is 31.1. The molecule has 0 aliphatic heterocycles. The average Bonchev–Trinajstić information content (AvgIpc) is 2.99. The Morgan fingerprint density at radius 1 is 0.683 bits per heavy atom. The first-order chi connectivity index (χ1) is 19.9. The lowest BCUT2D eigenvalue weighted by Crippen LogP contribution is -2.31. The molecule has 0 fully saturated rings. The van der Waals surface area contributed by atoms with Crippen molar-refractivity contribution in [3.8, 4) is 0 Å². The van der Waals surface area contributed by atoms with E-state index >= 15 is 0 Å². The van der Waals surface area contributed by atoms with Crippen LogP contribution in [-0.4, -0.2) is 62.2 Å². The molecular formula is C31H42N6O4. The van der Waals surface area contributed by atoms with E-state index in [1.807, 2.05) is 77.7 Å². The van der Waals surface area contributed by atoms with E-state index in [1.165, 1.54) is 0 Å². The number of carbonyl (C=O) groups is 1. The molecule has 3 rings (SSSR count). The largest absolute Gasteiger partial charge is 0.460 e. The highest BCUT2D eigenvalue weighted by Gasteiger charge is 2.09. The van der Waals surface area contributed by atoms with Gasteiger partial charge in [0.15, 0.2) is 0 Å². The predicted octanol–water partition coefficient (Wildman–Crippen LogP) is 4.69. The number of carbonyl (C=O) groups excluding carboxylic acids is 1. The van der Waals surface area contributed by atoms with Gasteiger partial charge < -0.3 is 46.5 Å². The molecule has 0 saturated carbocycles. The highest BCUT2D eigenvalue weighted by Crippen LogP contribution is 2.21. The van der Waals surface area contributed by atoms with Crippen LogP contribution in [0.1, 0.15) is 20.3 Å². The zero-order chi connectivity index (χ0) is 29.5. The number of aliphatic hydroxyl groups excluding tert-OH is 2. The Kier molecular flexibility index (Phi) is 12.6. The molecule has 0 aromatic heterocycles. The van der Waals surface area contributed by atoms with Crippen LogP contribution in [-0.2, 0) is 9.53 Å². The molecule has 10 heteroatoms. The minimum atomic E-state index is -0.417. The van der Waals surface area contributed by atoms with Gasteiger partial charge in [-0.15, -0.1) is 0 Å². The maximum Gasteiger partial charge on any atom is 0.333 e. The molecule has 0 bridgehead atoms. The molecule has 0 atom stereocenters. The second-order valence-corrected chi connectivity index (χ2v) is 9.51. The fourth-order valence-electron chi connectivity index (χ4n) is 4.06. The van der Waals surface area contributed by atoms with Crippen molar-refractivity contribution in [2.75, 3.05) is 77.5 Å². The van der Waals surface area contributed by atoms with Gasteiger partial charge in [0.05, 0.1) is 42.5 Å². The molecule has 6 N–H and O–H groups in total. The zero-order valence-corrected chi connectivity index (χ0v) is 23.9. The monoisotopic (exact) mass is 562 g/mol. The van der Waals surface area contributed by atoms with Crippen molar-refractivity contribution < 1.29 is 19.7 Å². The van der Waals surface area contributed by atoms with Crippen LogP contribution < -0.4 is 31.5 Å². The van der Waals surface area contributed by atoms with Crippen molar-refractivity contribution in [1.82, 2.24) is 0 Å². The summed E-state index contributed by atoms with van der Waals surface area (Å²) in [5.74, 6) is -0.417. The molecule has 10 nitrogen and oxygen atoms in total. The Morgan fingerprint density at radius 3 is 1.39 bits per heavy atom. The van der Waals surface area contributed by atoms with Crippen LogP contribution in [0.25, 0.3) is 0 Å². The second kappa shape index (κ2) is 16.6. The molecule has 0 spiro atoms. The molecule has 0 unspecified atom stereocenters. The number of esters is 1. The average molecular weight is 563 g/mol. The quantitative estimate of drug-likeness (QED) is 0.0740. The molecule has 0 aliphatic carbocycles. The van der Waals surface area contributed by atoms with Gasteiger partial charge >= 0.3 is 5.97 Å². The van der Waals surface area contributed by atoms with Crippen LogP contribution in [0.3, 0.4) is 0 Å². The van der Waals surface area contributed by atoms with Gasteiger partial charge in [-0.2, -0.15) is 0 Å². The predicted molar refractivity (Wildman–Crippen MR) is 168 cm³/mol. The lowest BCUT2D eigenvalue weighted by molar-refractivity contribution is -0.138. The Bertz CT molecular complexity index is 1200. The van der Waals surface area contributed by atoms with Gasteiger partial charge in [0.2, 0.25) is 0 Å². The highest BCUT2D eigenvalue weighted by molar-refractivity contribution is 5.86. The minimum Gasteiger partial charge on any atom is -0.460 e. The highest BCUT2D eigenvalue weighted by atomic mass is 16.5. The summed E-state index contributed by atoms with van der Waals surface area (Å²) in [5.41, 5.74) is 18.8. The number of benzene rings is 3. The summed E-state index contributed by atoms with van der Waals surface area (Å²) in [6.45, 7) is 10.1. The first-order valence-corrected chi connectivity index (χ1v) is 13.8. The summed E-state index contributed by atoms with van der Waals surface area (Å²) in [7, 11) is 0. The number of aliphatic hydroxyl groups is 2. The fourth-order valence-corrected chi connectivity index (χ4v) is 4.06. The number of nitrogens with zero attached hydrogens (tertiary/aromatic N) is 2. The fraction of sp³-hybridized carbons (Fsp3) is 0.323. The van der Waals surface area contributed by atoms with Crippen LogP contribution in [0.5, 0.6) is 0 Å². The number of anilines is 6. The number of nitrogens with one attached hydrogen (secondary N) is 4. The summed E-state index contributed by atoms with van der Waals surface area (Å²) in [6, 6.07) is 23.7. The molecular weight excluding hydrogens is 520 g/mol. The Labute approximate surface area is 242 Å². The molecule has 0 heterocycles. The van der Waals surface area contributed by atoms with E-state index in [0.29, 0.717) is 25.2 Å². The standard InChI is InChI=1S/C31H42N6O4/c1-4-17-36(18-21-38)29-13-9-27(10-14-29)34-32-25-5-7-26(8-6-25)33-35-28-11-15-30(16-12-28)37(19-22-39)20-23-41-31(40)24(2)3/h5-16,32-35,38-39H,2,4,17-23H2,1,3H3. The lowest BCUT2D eigenvalue weighted by Gasteiger charge is -2.24. The van der Waals surface area contributed by atoms with E-state index in [1.54, 1.807) is 6.92 Å². The van der Waals surface area contributed by atoms with Crippen LogP contribution >= 0.6 is 0 Å². The van der Waals surface area contributed by atoms with E-state index in [9.17, 15) is 15.0 Å². The van der Waals surface area contributed by atoms with E-state index < -0.39 is 5.97 Å². The van der Waals surface area contributed by atoms with Gasteiger partial charge in [-0.05, 0) is 86.1 Å². The van der Waals surface area contributed by atoms with Crippen LogP contribution in [0.2, 0.25) is 0 Å². The van der Waals surface area contributed by atoms with Crippen molar-refractivity contribution in [3.05, 3.63) is 84.9 Å². The maximum atomic E-state index is 11.6. The topological polar surface area (TPSA) is 121 Å². The van der Waals surface area contributed by atoms with Crippen LogP contribution in [0.4, 0.5) is 34.1 Å². The molecule has 220 valence electrons. The third kappa shape index (κ3) is 10.3. The SMILES string of the molecule is C=C(C)C(=O)OCCN(CCO)c1ccc(NNc2ccc(NNc3ccc(N(CCC)CCO)cc3)cc2)cc1. The van der Waals surface area contributed by atoms with Gasteiger partial charge in [0, 0.05) is 36.6 Å². The van der Waals surface area contributed by atoms with Gasteiger partial charge in [-0.25, -0.2) is 4.79 Å². The lowest BCUT2D eigenvalue weighted by atomic mass is 10.2. The van der Waals surface area contributed by atoms with Crippen molar-refractivity contribution in [2.45, 2.75) is 20.3 Å². The van der Waals surface area contributed by atoms with Gasteiger partial charge in [-0.3, -0.25) is 0 Å². The van der Waals surface area contributed by atoms with E-state index in [2.05, 4.69) is 40.1 Å². The number of hydrazine groups is 2. The normalized spacial score (nSPS) is 10.4. The van der Waals surface area contributed by atoms with Crippen LogP contribution in [0.15, 0.2) is 84.9 Å². The van der Waals surface area contributed by atoms with Crippen molar-refractivity contribution in [1.29, 1.82) is 0 Å². The second-order valence-electron chi connectivity index (χ2n) is 9.51. The van der Waals surface area contributed by atoms with E-state index in [4.69, 9.17) is 4.74 Å². The summed E-state index contributed by atoms with van der Waals surface area (Å²) < 4.78 is 5.18. The molecule has 0 amide bonds. The smallest absolute Gasteiger partial charge is 0.333 e. The molecule has 3 aromatic carbocycles. The number of hydrogen-bond acceptors (Lipinski definition) is 10. The zero-order valence-electron chi connectivity index (χ0n) is 23.9. The Balaban J connectivity index is 1.46. The van der Waals surface area contributed by atoms with Crippen molar-refractivity contribution in [2.24, 2.45) is 0 Å².